The minimum atomic E-state index is 1.48. The first-order valence-corrected chi connectivity index (χ1v) is 9.72. The van der Waals surface area contributed by atoms with Gasteiger partial charge in [0.25, 0.3) is 0 Å². The summed E-state index contributed by atoms with van der Waals surface area (Å²) in [7, 11) is 0. The Morgan fingerprint density at radius 2 is 0.417 bits per heavy atom. The number of rotatable bonds is 0. The molecule has 0 atom stereocenters. The molecule has 0 aliphatic carbocycles. The van der Waals surface area contributed by atoms with E-state index in [2.05, 4.69) is 134 Å². The summed E-state index contributed by atoms with van der Waals surface area (Å²) in [6.07, 6.45) is 0. The first-order chi connectivity index (χ1) is 5.46. The van der Waals surface area contributed by atoms with Crippen molar-refractivity contribution >= 4 is 155 Å². The van der Waals surface area contributed by atoms with Crippen LogP contribution in [-0.2, 0) is 0 Å². The molecule has 0 saturated heterocycles. The number of hydrogen-bond donors (Lipinski definition) is 0. The zero-order valence-corrected chi connectivity index (χ0v) is 19.4. The molecule has 60 valence electrons. The second-order valence-corrected chi connectivity index (χ2v) is 8.97. The van der Waals surface area contributed by atoms with Crippen molar-refractivity contribution in [2.45, 2.75) is 0 Å². The van der Waals surface area contributed by atoms with E-state index in [1.165, 1.54) is 21.7 Å². The van der Waals surface area contributed by atoms with Crippen LogP contribution in [0, 0.1) is 0 Å². The Kier molecular flexibility index (Phi) is 7.06. The van der Waals surface area contributed by atoms with Crippen LogP contribution in [0.5, 0.6) is 0 Å². The van der Waals surface area contributed by atoms with Crippen molar-refractivity contribution in [1.82, 2.24) is 0 Å². The van der Waals surface area contributed by atoms with Gasteiger partial charge in [0.15, 0.2) is 0 Å². The molecule has 0 aromatic heterocycles. The summed E-state index contributed by atoms with van der Waals surface area (Å²) in [5, 5.41) is 0. The molecular weight excluding hydrogens is 838 g/mol. The fourth-order valence-corrected chi connectivity index (χ4v) is 7.87. The SMILES string of the molecule is [Te]c1c([Te])c([Te])c([Te])c([Te])c1[Te]. The van der Waals surface area contributed by atoms with Crippen LogP contribution in [0.3, 0.4) is 0 Å². The molecule has 6 heteroatoms. The Hall–Kier alpha value is 3.96. The van der Waals surface area contributed by atoms with Gasteiger partial charge in [-0.15, -0.1) is 0 Å². The van der Waals surface area contributed by atoms with Crippen LogP contribution in [0.4, 0.5) is 0 Å². The third-order valence-electron chi connectivity index (χ3n) is 1.24. The maximum atomic E-state index is 2.15. The van der Waals surface area contributed by atoms with Crippen LogP contribution >= 0.6 is 0 Å². The van der Waals surface area contributed by atoms with E-state index < -0.39 is 0 Å². The molecule has 0 amide bonds. The predicted molar refractivity (Wildman–Crippen MR) is 58.8 cm³/mol. The van der Waals surface area contributed by atoms with Crippen molar-refractivity contribution in [2.24, 2.45) is 0 Å². The van der Waals surface area contributed by atoms with Crippen LogP contribution in [0.2, 0.25) is 0 Å². The van der Waals surface area contributed by atoms with Crippen molar-refractivity contribution in [3.63, 3.8) is 0 Å². The van der Waals surface area contributed by atoms with Crippen LogP contribution in [0.25, 0.3) is 0 Å². The molecule has 0 fully saturated rings. The molecule has 0 nitrogen and oxygen atoms in total. The van der Waals surface area contributed by atoms with Crippen molar-refractivity contribution in [3.8, 4) is 0 Å². The van der Waals surface area contributed by atoms with Crippen molar-refractivity contribution in [3.05, 3.63) is 0 Å². The summed E-state index contributed by atoms with van der Waals surface area (Å²) in [6, 6.07) is 0. The normalized spacial score (nSPS) is 10.0. The molecule has 0 spiro atoms. The minimum absolute atomic E-state index is 1.48. The monoisotopic (exact) mass is 851 g/mol. The van der Waals surface area contributed by atoms with Gasteiger partial charge in [0.1, 0.15) is 0 Å². The number of benzene rings is 1. The van der Waals surface area contributed by atoms with Gasteiger partial charge in [-0.2, -0.15) is 0 Å². The van der Waals surface area contributed by atoms with Crippen LogP contribution in [-0.4, -0.2) is 134 Å². The third-order valence-corrected chi connectivity index (χ3v) is 15.7. The van der Waals surface area contributed by atoms with E-state index in [1.807, 2.05) is 0 Å². The molecule has 6 radical (unpaired) electrons. The first kappa shape index (κ1) is 14.0. The van der Waals surface area contributed by atoms with Gasteiger partial charge in [0.2, 0.25) is 0 Å². The molecular formula is C6Te6. The van der Waals surface area contributed by atoms with E-state index in [1.54, 1.807) is 0 Å². The summed E-state index contributed by atoms with van der Waals surface area (Å²) in [6.45, 7) is 0. The summed E-state index contributed by atoms with van der Waals surface area (Å²) in [5.41, 5.74) is 0. The van der Waals surface area contributed by atoms with Gasteiger partial charge in [-0.1, -0.05) is 0 Å². The van der Waals surface area contributed by atoms with Gasteiger partial charge in [-0.05, 0) is 0 Å². The first-order valence-electron chi connectivity index (χ1n) is 2.72. The predicted octanol–water partition coefficient (Wildman–Crippen LogP) is -5.55. The van der Waals surface area contributed by atoms with Gasteiger partial charge >= 0.3 is 155 Å². The average molecular weight is 838 g/mol. The number of hydrogen-bond acceptors (Lipinski definition) is 0. The molecule has 0 unspecified atom stereocenters. The van der Waals surface area contributed by atoms with Gasteiger partial charge in [0, 0.05) is 0 Å². The average Bonchev–Trinajstić information content (AvgIpc) is 2.08. The van der Waals surface area contributed by atoms with E-state index in [9.17, 15) is 0 Å². The van der Waals surface area contributed by atoms with E-state index >= 15 is 0 Å². The fraction of sp³-hybridized carbons (Fsp3) is 0. The van der Waals surface area contributed by atoms with Gasteiger partial charge in [-0.3, -0.25) is 0 Å². The van der Waals surface area contributed by atoms with Gasteiger partial charge < -0.3 is 0 Å². The molecule has 0 heterocycles. The van der Waals surface area contributed by atoms with Gasteiger partial charge in [-0.25, -0.2) is 0 Å². The van der Waals surface area contributed by atoms with Crippen LogP contribution < -0.4 is 21.7 Å². The van der Waals surface area contributed by atoms with E-state index in [-0.39, 0.29) is 0 Å². The summed E-state index contributed by atoms with van der Waals surface area (Å²) >= 11 is 12.9. The van der Waals surface area contributed by atoms with Gasteiger partial charge in [0.05, 0.1) is 0 Å². The Labute approximate surface area is 152 Å². The third kappa shape index (κ3) is 3.00. The standard InChI is InChI=1S/C6Te6/c7-1-2(8)4(10)6(12)5(11)3(1)9. The van der Waals surface area contributed by atoms with E-state index in [4.69, 9.17) is 0 Å². The van der Waals surface area contributed by atoms with Crippen molar-refractivity contribution in [1.29, 1.82) is 0 Å². The van der Waals surface area contributed by atoms with Crippen molar-refractivity contribution in [2.75, 3.05) is 0 Å². The Balaban J connectivity index is 3.60. The van der Waals surface area contributed by atoms with E-state index in [0.717, 1.165) is 0 Å². The molecule has 1 rings (SSSR count). The second-order valence-electron chi connectivity index (χ2n) is 1.97. The van der Waals surface area contributed by atoms with Crippen molar-refractivity contribution < 1.29 is 0 Å². The van der Waals surface area contributed by atoms with E-state index in [0.29, 0.717) is 0 Å². The zero-order valence-electron chi connectivity index (χ0n) is 5.45. The Morgan fingerprint density at radius 3 is 0.500 bits per heavy atom. The Morgan fingerprint density at radius 1 is 0.333 bits per heavy atom. The topological polar surface area (TPSA) is 0 Å². The molecule has 0 bridgehead atoms. The summed E-state index contributed by atoms with van der Waals surface area (Å²) in [4.78, 5) is 0. The fourth-order valence-electron chi connectivity index (χ4n) is 0.619. The molecule has 12 heavy (non-hydrogen) atoms. The molecule has 1 aromatic carbocycles. The van der Waals surface area contributed by atoms with Crippen LogP contribution in [0.1, 0.15) is 0 Å². The summed E-state index contributed by atoms with van der Waals surface area (Å²) < 4.78 is 8.88. The summed E-state index contributed by atoms with van der Waals surface area (Å²) in [5.74, 6) is 0. The molecule has 1 aromatic rings. The maximum absolute atomic E-state index is 2.15. The zero-order chi connectivity index (χ0) is 9.46. The Bertz CT molecular complexity index is 226. The van der Waals surface area contributed by atoms with Crippen LogP contribution in [0.15, 0.2) is 0 Å². The second kappa shape index (κ2) is 6.04. The molecule has 0 N–H and O–H groups in total. The quantitative estimate of drug-likeness (QED) is 0.229. The molecule has 0 saturated carbocycles. The molecule has 0 aliphatic heterocycles. The molecule has 0 aliphatic rings.